The molecular formula is C18H22ClN3O2S2. The van der Waals surface area contributed by atoms with E-state index in [0.29, 0.717) is 11.4 Å². The molecule has 3 atom stereocenters. The van der Waals surface area contributed by atoms with Gasteiger partial charge in [0.25, 0.3) is 0 Å². The second-order valence-corrected chi connectivity index (χ2v) is 10.5. The molecule has 0 radical (unpaired) electrons. The van der Waals surface area contributed by atoms with Gasteiger partial charge in [-0.15, -0.1) is 11.3 Å². The number of hydrogen-bond donors (Lipinski definition) is 1. The minimum atomic E-state index is -3.44. The molecule has 2 saturated heterocycles. The Balaban J connectivity index is 1.44. The molecule has 0 amide bonds. The van der Waals surface area contributed by atoms with Crippen molar-refractivity contribution in [1.82, 2.24) is 14.5 Å². The van der Waals surface area contributed by atoms with Crippen molar-refractivity contribution in [3.8, 4) is 0 Å². The molecule has 1 aromatic heterocycles. The number of fused-ring (bicyclic) bond motifs is 2. The fourth-order valence-corrected chi connectivity index (χ4v) is 6.59. The summed E-state index contributed by atoms with van der Waals surface area (Å²) in [5.74, 6) is 0. The molecule has 140 valence electrons. The highest BCUT2D eigenvalue weighted by molar-refractivity contribution is 7.89. The van der Waals surface area contributed by atoms with Gasteiger partial charge in [0.1, 0.15) is 0 Å². The lowest BCUT2D eigenvalue weighted by atomic mass is 10.2. The van der Waals surface area contributed by atoms with Gasteiger partial charge in [-0.1, -0.05) is 29.8 Å². The Hall–Kier alpha value is -0.960. The molecule has 4 rings (SSSR count). The van der Waals surface area contributed by atoms with Crippen LogP contribution < -0.4 is 5.32 Å². The van der Waals surface area contributed by atoms with Crippen molar-refractivity contribution in [3.63, 3.8) is 0 Å². The molecule has 2 aromatic rings. The molecule has 2 aliphatic heterocycles. The van der Waals surface area contributed by atoms with Gasteiger partial charge >= 0.3 is 0 Å². The molecule has 1 aromatic carbocycles. The molecule has 8 heteroatoms. The van der Waals surface area contributed by atoms with Gasteiger partial charge in [-0.25, -0.2) is 8.42 Å². The third-order valence-corrected chi connectivity index (χ3v) is 8.33. The van der Waals surface area contributed by atoms with E-state index in [1.807, 2.05) is 18.2 Å². The summed E-state index contributed by atoms with van der Waals surface area (Å²) in [4.78, 5) is 4.00. The van der Waals surface area contributed by atoms with Gasteiger partial charge in [-0.2, -0.15) is 4.31 Å². The lowest BCUT2D eigenvalue weighted by molar-refractivity contribution is 0.141. The van der Waals surface area contributed by atoms with Crippen molar-refractivity contribution in [1.29, 1.82) is 0 Å². The van der Waals surface area contributed by atoms with E-state index in [-0.39, 0.29) is 12.1 Å². The van der Waals surface area contributed by atoms with Gasteiger partial charge in [0, 0.05) is 49.7 Å². The molecule has 5 nitrogen and oxygen atoms in total. The van der Waals surface area contributed by atoms with E-state index in [4.69, 9.17) is 11.6 Å². The topological polar surface area (TPSA) is 52.7 Å². The molecule has 0 saturated carbocycles. The molecule has 3 unspecified atom stereocenters. The maximum atomic E-state index is 13.1. The zero-order valence-electron chi connectivity index (χ0n) is 14.3. The predicted molar refractivity (Wildman–Crippen MR) is 105 cm³/mol. The second-order valence-electron chi connectivity index (χ2n) is 6.82. The molecule has 2 fully saturated rings. The van der Waals surface area contributed by atoms with Crippen LogP contribution in [0, 0.1) is 0 Å². The number of halogens is 1. The van der Waals surface area contributed by atoms with Crippen LogP contribution in [0.15, 0.2) is 47.4 Å². The van der Waals surface area contributed by atoms with Gasteiger partial charge < -0.3 is 5.32 Å². The first-order valence-electron chi connectivity index (χ1n) is 8.80. The van der Waals surface area contributed by atoms with Gasteiger partial charge in [0.2, 0.25) is 10.0 Å². The highest BCUT2D eigenvalue weighted by Gasteiger charge is 2.43. The molecule has 26 heavy (non-hydrogen) atoms. The number of rotatable bonds is 6. The number of nitrogens with zero attached hydrogens (tertiary/aromatic N) is 2. The summed E-state index contributed by atoms with van der Waals surface area (Å²) in [5, 5.41) is 3.47. The summed E-state index contributed by atoms with van der Waals surface area (Å²) in [5.41, 5.74) is 0. The molecule has 1 N–H and O–H groups in total. The summed E-state index contributed by atoms with van der Waals surface area (Å²) in [6.07, 6.45) is 0.906. The number of benzene rings is 1. The van der Waals surface area contributed by atoms with Crippen LogP contribution in [0.3, 0.4) is 0 Å². The molecule has 3 heterocycles. The number of thiophene rings is 1. The number of nitrogens with one attached hydrogen (secondary N) is 1. The van der Waals surface area contributed by atoms with Crippen LogP contribution >= 0.6 is 22.9 Å². The van der Waals surface area contributed by atoms with Gasteiger partial charge in [-0.05, 0) is 30.7 Å². The average molecular weight is 412 g/mol. The summed E-state index contributed by atoms with van der Waals surface area (Å²) in [6.45, 7) is 3.85. The summed E-state index contributed by atoms with van der Waals surface area (Å²) in [7, 11) is -3.44. The Kier molecular flexibility index (Phi) is 5.36. The van der Waals surface area contributed by atoms with Crippen molar-refractivity contribution < 1.29 is 8.42 Å². The fourth-order valence-electron chi connectivity index (χ4n) is 3.83. The van der Waals surface area contributed by atoms with Crippen molar-refractivity contribution >= 4 is 33.0 Å². The van der Waals surface area contributed by atoms with Crippen LogP contribution in [0.1, 0.15) is 11.3 Å². The SMILES string of the molecule is O=S(=O)(c1ccccc1)N1CC(CNCc2ccc(Cl)s2)N2CCC1C2. The summed E-state index contributed by atoms with van der Waals surface area (Å²) >= 11 is 7.55. The second kappa shape index (κ2) is 7.58. The Morgan fingerprint density at radius 1 is 1.15 bits per heavy atom. The first kappa shape index (κ1) is 18.4. The lowest BCUT2D eigenvalue weighted by Crippen LogP contribution is -2.57. The average Bonchev–Trinajstić information content (AvgIpc) is 3.24. The molecule has 2 bridgehead atoms. The number of piperazine rings is 1. The standard InChI is InChI=1S/C18H22ClN3O2S2/c19-18-7-6-16(25-18)11-20-10-15-13-22(14-8-9-21(15)12-14)26(23,24)17-4-2-1-3-5-17/h1-7,14-15,20H,8-13H2. The first-order valence-corrected chi connectivity index (χ1v) is 11.4. The Morgan fingerprint density at radius 3 is 2.69 bits per heavy atom. The minimum Gasteiger partial charge on any atom is -0.310 e. The fraction of sp³-hybridized carbons (Fsp3) is 0.444. The molecule has 0 spiro atoms. The summed E-state index contributed by atoms with van der Waals surface area (Å²) < 4.78 is 28.7. The largest absolute Gasteiger partial charge is 0.310 e. The van der Waals surface area contributed by atoms with E-state index in [0.717, 1.165) is 36.9 Å². The Bertz CT molecular complexity index is 856. The summed E-state index contributed by atoms with van der Waals surface area (Å²) in [6, 6.07) is 13.0. The minimum absolute atomic E-state index is 0.0903. The monoisotopic (exact) mass is 411 g/mol. The highest BCUT2D eigenvalue weighted by atomic mass is 35.5. The number of sulfonamides is 1. The maximum absolute atomic E-state index is 13.1. The van der Waals surface area contributed by atoms with Crippen LogP contribution in [0.2, 0.25) is 4.34 Å². The third-order valence-electron chi connectivity index (χ3n) is 5.17. The van der Waals surface area contributed by atoms with Gasteiger partial charge in [-0.3, -0.25) is 4.90 Å². The van der Waals surface area contributed by atoms with Crippen molar-refractivity contribution in [2.24, 2.45) is 0 Å². The van der Waals surface area contributed by atoms with Crippen LogP contribution in [0.25, 0.3) is 0 Å². The lowest BCUT2D eigenvalue weighted by Gasteiger charge is -2.39. The molecule has 0 aliphatic carbocycles. The van der Waals surface area contributed by atoms with Crippen LogP contribution in [-0.2, 0) is 16.6 Å². The van der Waals surface area contributed by atoms with Crippen molar-refractivity contribution in [2.45, 2.75) is 29.9 Å². The quantitative estimate of drug-likeness (QED) is 0.793. The zero-order chi connectivity index (χ0) is 18.1. The van der Waals surface area contributed by atoms with E-state index < -0.39 is 10.0 Å². The van der Waals surface area contributed by atoms with Crippen molar-refractivity contribution in [3.05, 3.63) is 51.7 Å². The van der Waals surface area contributed by atoms with Gasteiger partial charge in [0.05, 0.1) is 9.23 Å². The van der Waals surface area contributed by atoms with E-state index in [9.17, 15) is 8.42 Å². The third kappa shape index (κ3) is 3.69. The van der Waals surface area contributed by atoms with Crippen molar-refractivity contribution in [2.75, 3.05) is 26.2 Å². The smallest absolute Gasteiger partial charge is 0.243 e. The Morgan fingerprint density at radius 2 is 1.96 bits per heavy atom. The van der Waals surface area contributed by atoms with E-state index in [2.05, 4.69) is 10.2 Å². The van der Waals surface area contributed by atoms with Crippen LogP contribution in [0.5, 0.6) is 0 Å². The Labute approximate surface area is 163 Å². The molecular weight excluding hydrogens is 390 g/mol. The van der Waals surface area contributed by atoms with Crippen LogP contribution in [0.4, 0.5) is 0 Å². The first-order chi connectivity index (χ1) is 12.5. The maximum Gasteiger partial charge on any atom is 0.243 e. The number of hydrogen-bond acceptors (Lipinski definition) is 5. The van der Waals surface area contributed by atoms with Gasteiger partial charge in [0.15, 0.2) is 0 Å². The predicted octanol–water partition coefficient (Wildman–Crippen LogP) is 2.64. The van der Waals surface area contributed by atoms with Crippen LogP contribution in [-0.4, -0.2) is 55.9 Å². The van der Waals surface area contributed by atoms with E-state index >= 15 is 0 Å². The molecule has 2 aliphatic rings. The van der Waals surface area contributed by atoms with E-state index in [1.165, 1.54) is 4.88 Å². The highest BCUT2D eigenvalue weighted by Crippen LogP contribution is 2.30. The zero-order valence-corrected chi connectivity index (χ0v) is 16.7. The van der Waals surface area contributed by atoms with E-state index in [1.54, 1.807) is 39.9 Å². The normalized spacial score (nSPS) is 26.3.